The van der Waals surface area contributed by atoms with E-state index in [0.29, 0.717) is 26.9 Å². The average molecular weight is 377 g/mol. The van der Waals surface area contributed by atoms with Crippen LogP contribution in [0.4, 0.5) is 0 Å². The number of rotatable bonds is 5. The van der Waals surface area contributed by atoms with Crippen molar-refractivity contribution < 1.29 is 9.59 Å². The summed E-state index contributed by atoms with van der Waals surface area (Å²) in [5.41, 5.74) is 5.87. The van der Waals surface area contributed by atoms with Crippen LogP contribution in [0.3, 0.4) is 0 Å². The summed E-state index contributed by atoms with van der Waals surface area (Å²) in [6.07, 6.45) is 1.31. The second-order valence-electron chi connectivity index (χ2n) is 4.91. The Morgan fingerprint density at radius 2 is 1.44 bits per heavy atom. The highest BCUT2D eigenvalue weighted by Gasteiger charge is 2.05. The van der Waals surface area contributed by atoms with Crippen LogP contribution >= 0.6 is 23.2 Å². The summed E-state index contributed by atoms with van der Waals surface area (Å²) in [5.74, 6) is -0.812. The van der Waals surface area contributed by atoms with Crippen molar-refractivity contribution in [1.29, 1.82) is 0 Å². The van der Waals surface area contributed by atoms with Crippen molar-refractivity contribution in [2.75, 3.05) is 0 Å². The minimum atomic E-state index is -0.408. The molecule has 0 saturated heterocycles. The summed E-state index contributed by atoms with van der Waals surface area (Å²) in [4.78, 5) is 23.8. The Morgan fingerprint density at radius 1 is 0.920 bits per heavy atom. The minimum absolute atomic E-state index is 0.383. The quantitative estimate of drug-likeness (QED) is 0.618. The highest BCUT2D eigenvalue weighted by Crippen LogP contribution is 2.11. The van der Waals surface area contributed by atoms with Gasteiger partial charge in [-0.2, -0.15) is 10.2 Å². The highest BCUT2D eigenvalue weighted by atomic mass is 35.5. The molecule has 0 fully saturated rings. The van der Waals surface area contributed by atoms with E-state index in [0.717, 1.165) is 0 Å². The maximum Gasteiger partial charge on any atom is 0.271 e. The molecule has 0 aliphatic heterocycles. The van der Waals surface area contributed by atoms with Crippen molar-refractivity contribution in [2.45, 2.75) is 6.92 Å². The van der Waals surface area contributed by atoms with Crippen LogP contribution in [0.5, 0.6) is 0 Å². The van der Waals surface area contributed by atoms with E-state index >= 15 is 0 Å². The van der Waals surface area contributed by atoms with Crippen LogP contribution in [0.2, 0.25) is 10.0 Å². The van der Waals surface area contributed by atoms with Crippen LogP contribution in [0, 0.1) is 0 Å². The first-order valence-corrected chi connectivity index (χ1v) is 7.90. The third kappa shape index (κ3) is 6.02. The first kappa shape index (κ1) is 18.6. The SMILES string of the molecule is CC(/C=N/NC(=O)c1cccc(Cl)c1)=N/NC(=O)c1cccc(Cl)c1. The molecule has 0 saturated carbocycles. The number of nitrogens with zero attached hydrogens (tertiary/aromatic N) is 2. The fourth-order valence-electron chi connectivity index (χ4n) is 1.74. The normalized spacial score (nSPS) is 11.4. The molecular formula is C17H14Cl2N4O2. The van der Waals surface area contributed by atoms with Crippen LogP contribution in [-0.4, -0.2) is 23.7 Å². The third-order valence-corrected chi connectivity index (χ3v) is 3.40. The van der Waals surface area contributed by atoms with E-state index in [1.165, 1.54) is 18.3 Å². The topological polar surface area (TPSA) is 82.9 Å². The molecule has 0 atom stereocenters. The zero-order valence-electron chi connectivity index (χ0n) is 13.2. The van der Waals surface area contributed by atoms with Gasteiger partial charge < -0.3 is 0 Å². The van der Waals surface area contributed by atoms with Crippen LogP contribution in [0.15, 0.2) is 58.7 Å². The van der Waals surface area contributed by atoms with E-state index in [1.54, 1.807) is 43.3 Å². The van der Waals surface area contributed by atoms with Gasteiger partial charge in [-0.25, -0.2) is 10.9 Å². The van der Waals surface area contributed by atoms with E-state index in [1.807, 2.05) is 0 Å². The number of hydrogen-bond donors (Lipinski definition) is 2. The lowest BCUT2D eigenvalue weighted by atomic mass is 10.2. The Hall–Kier alpha value is -2.70. The van der Waals surface area contributed by atoms with Gasteiger partial charge >= 0.3 is 0 Å². The molecular weight excluding hydrogens is 363 g/mol. The lowest BCUT2D eigenvalue weighted by molar-refractivity contribution is 0.0946. The Morgan fingerprint density at radius 3 is 1.96 bits per heavy atom. The zero-order valence-corrected chi connectivity index (χ0v) is 14.7. The monoisotopic (exact) mass is 376 g/mol. The number of hydrazone groups is 2. The molecule has 0 radical (unpaired) electrons. The van der Waals surface area contributed by atoms with Gasteiger partial charge in [0.2, 0.25) is 0 Å². The molecule has 2 aromatic rings. The van der Waals surface area contributed by atoms with Crippen molar-refractivity contribution in [1.82, 2.24) is 10.9 Å². The van der Waals surface area contributed by atoms with Crippen LogP contribution in [-0.2, 0) is 0 Å². The van der Waals surface area contributed by atoms with E-state index in [4.69, 9.17) is 23.2 Å². The number of hydrogen-bond acceptors (Lipinski definition) is 4. The number of amides is 2. The number of carbonyl (C=O) groups is 2. The summed E-state index contributed by atoms with van der Waals surface area (Å²) >= 11 is 11.6. The van der Waals surface area contributed by atoms with Crippen molar-refractivity contribution in [3.8, 4) is 0 Å². The molecule has 0 unspecified atom stereocenters. The molecule has 0 aliphatic carbocycles. The van der Waals surface area contributed by atoms with Crippen molar-refractivity contribution in [2.24, 2.45) is 10.2 Å². The van der Waals surface area contributed by atoms with Gasteiger partial charge in [0.1, 0.15) is 0 Å². The fourth-order valence-corrected chi connectivity index (χ4v) is 2.12. The second-order valence-corrected chi connectivity index (χ2v) is 5.79. The smallest absolute Gasteiger partial charge is 0.267 e. The molecule has 2 amide bonds. The second kappa shape index (κ2) is 8.96. The van der Waals surface area contributed by atoms with Crippen LogP contribution in [0.1, 0.15) is 27.6 Å². The predicted octanol–water partition coefficient (Wildman–Crippen LogP) is 3.51. The summed E-state index contributed by atoms with van der Waals surface area (Å²) in [6, 6.07) is 13.0. The lowest BCUT2D eigenvalue weighted by Crippen LogP contribution is -2.21. The summed E-state index contributed by atoms with van der Waals surface area (Å²) in [6.45, 7) is 1.62. The van der Waals surface area contributed by atoms with Gasteiger partial charge in [0.05, 0.1) is 11.9 Å². The van der Waals surface area contributed by atoms with Crippen molar-refractivity contribution >= 4 is 46.9 Å². The molecule has 0 aliphatic rings. The highest BCUT2D eigenvalue weighted by molar-refractivity contribution is 6.31. The predicted molar refractivity (Wildman–Crippen MR) is 99.4 cm³/mol. The lowest BCUT2D eigenvalue weighted by Gasteiger charge is -2.01. The Kier molecular flexibility index (Phi) is 6.68. The first-order valence-electron chi connectivity index (χ1n) is 7.15. The van der Waals surface area contributed by atoms with Crippen molar-refractivity contribution in [3.05, 3.63) is 69.7 Å². The van der Waals surface area contributed by atoms with Gasteiger partial charge in [0.15, 0.2) is 0 Å². The van der Waals surface area contributed by atoms with Gasteiger partial charge in [0, 0.05) is 21.2 Å². The van der Waals surface area contributed by atoms with E-state index < -0.39 is 11.8 Å². The van der Waals surface area contributed by atoms with E-state index in [9.17, 15) is 9.59 Å². The maximum absolute atomic E-state index is 11.9. The van der Waals surface area contributed by atoms with Crippen LogP contribution < -0.4 is 10.9 Å². The number of carbonyl (C=O) groups excluding carboxylic acids is 2. The Balaban J connectivity index is 1.89. The molecule has 2 N–H and O–H groups in total. The molecule has 128 valence electrons. The standard InChI is InChI=1S/C17H14Cl2N4O2/c1-11(21-23-17(25)13-5-3-7-15(19)9-13)10-20-22-16(24)12-4-2-6-14(18)8-12/h2-10H,1H3,(H,22,24)(H,23,25)/b20-10+,21-11-. The Labute approximate surface area is 154 Å². The number of benzene rings is 2. The molecule has 8 heteroatoms. The number of nitrogens with one attached hydrogen (secondary N) is 2. The van der Waals surface area contributed by atoms with Gasteiger partial charge in [-0.05, 0) is 43.3 Å². The van der Waals surface area contributed by atoms with E-state index in [-0.39, 0.29) is 0 Å². The van der Waals surface area contributed by atoms with Gasteiger partial charge in [-0.3, -0.25) is 9.59 Å². The van der Waals surface area contributed by atoms with E-state index in [2.05, 4.69) is 21.1 Å². The van der Waals surface area contributed by atoms with Crippen LogP contribution in [0.25, 0.3) is 0 Å². The van der Waals surface area contributed by atoms with Gasteiger partial charge in [-0.15, -0.1) is 0 Å². The molecule has 0 spiro atoms. The molecule has 0 aromatic heterocycles. The average Bonchev–Trinajstić information content (AvgIpc) is 2.59. The third-order valence-electron chi connectivity index (χ3n) is 2.92. The minimum Gasteiger partial charge on any atom is -0.267 e. The number of halogens is 2. The largest absolute Gasteiger partial charge is 0.271 e. The molecule has 0 bridgehead atoms. The van der Waals surface area contributed by atoms with Crippen molar-refractivity contribution in [3.63, 3.8) is 0 Å². The molecule has 2 aromatic carbocycles. The molecule has 0 heterocycles. The molecule has 2 rings (SSSR count). The fraction of sp³-hybridized carbons (Fsp3) is 0.0588. The zero-order chi connectivity index (χ0) is 18.2. The molecule has 6 nitrogen and oxygen atoms in total. The summed E-state index contributed by atoms with van der Waals surface area (Å²) in [7, 11) is 0. The Bertz CT molecular complexity index is 850. The maximum atomic E-state index is 11.9. The molecule has 25 heavy (non-hydrogen) atoms. The summed E-state index contributed by atoms with van der Waals surface area (Å²) in [5, 5.41) is 8.55. The van der Waals surface area contributed by atoms with Gasteiger partial charge in [-0.1, -0.05) is 35.3 Å². The summed E-state index contributed by atoms with van der Waals surface area (Å²) < 4.78 is 0. The first-order chi connectivity index (χ1) is 12.0. The van der Waals surface area contributed by atoms with Gasteiger partial charge in [0.25, 0.3) is 11.8 Å².